The van der Waals surface area contributed by atoms with Crippen LogP contribution in [0, 0.1) is 0 Å². The summed E-state index contributed by atoms with van der Waals surface area (Å²) in [6.45, 7) is 1.76. The number of nitrogens with one attached hydrogen (secondary N) is 2. The highest BCUT2D eigenvalue weighted by Crippen LogP contribution is 2.21. The number of aliphatic hydroxyl groups is 1. The number of rotatable bonds is 5. The average molecular weight is 325 g/mol. The molecule has 0 aliphatic rings. The number of hydrogen-bond donors (Lipinski definition) is 3. The second kappa shape index (κ2) is 6.72. The number of methoxy groups -OCH3 is 1. The number of benzene rings is 2. The number of carbonyl (C=O) groups is 1. The van der Waals surface area contributed by atoms with Gasteiger partial charge in [0, 0.05) is 5.39 Å². The first-order valence-electron chi connectivity index (χ1n) is 7.65. The van der Waals surface area contributed by atoms with Crippen LogP contribution in [0.3, 0.4) is 0 Å². The minimum atomic E-state index is -0.819. The Kier molecular flexibility index (Phi) is 4.48. The predicted octanol–water partition coefficient (Wildman–Crippen LogP) is 2.42. The highest BCUT2D eigenvalue weighted by Gasteiger charge is 2.20. The standard InChI is InChI=1S/C18H19N3O3/c1-11(17(22)12-6-8-14(24-2)9-7-12)20-18(23)15-5-3-4-13-10-19-21-16(13)15/h3-11,17,22H,1-2H3,(H,19,21)(H,20,23). The summed E-state index contributed by atoms with van der Waals surface area (Å²) in [6, 6.07) is 12.1. The van der Waals surface area contributed by atoms with Gasteiger partial charge in [0.2, 0.25) is 0 Å². The molecule has 2 atom stereocenters. The molecule has 0 fully saturated rings. The van der Waals surface area contributed by atoms with E-state index < -0.39 is 12.1 Å². The number of hydrogen-bond acceptors (Lipinski definition) is 4. The van der Waals surface area contributed by atoms with Gasteiger partial charge in [-0.25, -0.2) is 0 Å². The number of aromatic amines is 1. The molecule has 0 aliphatic heterocycles. The maximum Gasteiger partial charge on any atom is 0.253 e. The van der Waals surface area contributed by atoms with Gasteiger partial charge in [-0.15, -0.1) is 0 Å². The van der Waals surface area contributed by atoms with E-state index in [1.807, 2.05) is 6.07 Å². The molecule has 3 rings (SSSR count). The quantitative estimate of drug-likeness (QED) is 0.672. The Hall–Kier alpha value is -2.86. The van der Waals surface area contributed by atoms with Crippen molar-refractivity contribution in [1.82, 2.24) is 15.5 Å². The van der Waals surface area contributed by atoms with Crippen LogP contribution in [0.25, 0.3) is 10.9 Å². The Bertz CT molecular complexity index is 842. The van der Waals surface area contributed by atoms with Crippen molar-refractivity contribution in [2.45, 2.75) is 19.1 Å². The number of para-hydroxylation sites is 1. The number of ether oxygens (including phenoxy) is 1. The van der Waals surface area contributed by atoms with Gasteiger partial charge in [-0.05, 0) is 30.7 Å². The largest absolute Gasteiger partial charge is 0.497 e. The molecule has 1 amide bonds. The molecule has 6 heteroatoms. The smallest absolute Gasteiger partial charge is 0.253 e. The van der Waals surface area contributed by atoms with Crippen molar-refractivity contribution in [2.24, 2.45) is 0 Å². The Morgan fingerprint density at radius 2 is 2.00 bits per heavy atom. The molecule has 2 unspecified atom stereocenters. The van der Waals surface area contributed by atoms with Crippen LogP contribution < -0.4 is 10.1 Å². The lowest BCUT2D eigenvalue weighted by atomic mass is 10.0. The normalized spacial score (nSPS) is 13.5. The summed E-state index contributed by atoms with van der Waals surface area (Å²) < 4.78 is 5.10. The first-order chi connectivity index (χ1) is 11.6. The number of aromatic nitrogens is 2. The molecule has 0 saturated carbocycles. The van der Waals surface area contributed by atoms with Gasteiger partial charge in [0.15, 0.2) is 0 Å². The zero-order valence-corrected chi connectivity index (χ0v) is 13.5. The topological polar surface area (TPSA) is 87.2 Å². The number of fused-ring (bicyclic) bond motifs is 1. The van der Waals surface area contributed by atoms with Gasteiger partial charge >= 0.3 is 0 Å². The first-order valence-corrected chi connectivity index (χ1v) is 7.65. The third kappa shape index (κ3) is 3.09. The summed E-state index contributed by atoms with van der Waals surface area (Å²) in [5.41, 5.74) is 1.89. The molecule has 0 bridgehead atoms. The molecule has 0 spiro atoms. The number of nitrogens with zero attached hydrogens (tertiary/aromatic N) is 1. The van der Waals surface area contributed by atoms with Crippen LogP contribution >= 0.6 is 0 Å². The van der Waals surface area contributed by atoms with Crippen molar-refractivity contribution < 1.29 is 14.6 Å². The van der Waals surface area contributed by atoms with Crippen molar-refractivity contribution in [1.29, 1.82) is 0 Å². The van der Waals surface area contributed by atoms with Crippen LogP contribution in [0.4, 0.5) is 0 Å². The third-order valence-corrected chi connectivity index (χ3v) is 4.01. The molecule has 0 saturated heterocycles. The number of aliphatic hydroxyl groups excluding tert-OH is 1. The lowest BCUT2D eigenvalue weighted by Crippen LogP contribution is -2.37. The van der Waals surface area contributed by atoms with Gasteiger partial charge in [0.1, 0.15) is 5.75 Å². The van der Waals surface area contributed by atoms with Crippen LogP contribution in [-0.4, -0.2) is 34.4 Å². The third-order valence-electron chi connectivity index (χ3n) is 4.01. The average Bonchev–Trinajstić information content (AvgIpc) is 3.09. The fraction of sp³-hybridized carbons (Fsp3) is 0.222. The van der Waals surface area contributed by atoms with E-state index in [2.05, 4.69) is 15.5 Å². The van der Waals surface area contributed by atoms with Gasteiger partial charge < -0.3 is 15.2 Å². The zero-order valence-electron chi connectivity index (χ0n) is 13.5. The highest BCUT2D eigenvalue weighted by molar-refractivity contribution is 6.05. The molecule has 24 heavy (non-hydrogen) atoms. The number of carbonyl (C=O) groups excluding carboxylic acids is 1. The molecular formula is C18H19N3O3. The fourth-order valence-electron chi connectivity index (χ4n) is 2.61. The SMILES string of the molecule is COc1ccc(C(O)C(C)NC(=O)c2cccc3cn[nH]c23)cc1. The van der Waals surface area contributed by atoms with E-state index in [9.17, 15) is 9.90 Å². The molecule has 1 heterocycles. The Balaban J connectivity index is 1.74. The van der Waals surface area contributed by atoms with Crippen LogP contribution in [0.2, 0.25) is 0 Å². The molecule has 124 valence electrons. The lowest BCUT2D eigenvalue weighted by molar-refractivity contribution is 0.0853. The lowest BCUT2D eigenvalue weighted by Gasteiger charge is -2.21. The van der Waals surface area contributed by atoms with Crippen LogP contribution in [0.1, 0.15) is 28.9 Å². The summed E-state index contributed by atoms with van der Waals surface area (Å²) >= 11 is 0. The van der Waals surface area contributed by atoms with Crippen molar-refractivity contribution in [3.8, 4) is 5.75 Å². The highest BCUT2D eigenvalue weighted by atomic mass is 16.5. The Morgan fingerprint density at radius 3 is 2.71 bits per heavy atom. The van der Waals surface area contributed by atoms with E-state index >= 15 is 0 Å². The molecular weight excluding hydrogens is 306 g/mol. The Labute approximate surface area is 139 Å². The van der Waals surface area contributed by atoms with Crippen molar-refractivity contribution in [2.75, 3.05) is 7.11 Å². The van der Waals surface area contributed by atoms with Crippen LogP contribution in [-0.2, 0) is 0 Å². The second-order valence-electron chi connectivity index (χ2n) is 5.62. The second-order valence-corrected chi connectivity index (χ2v) is 5.62. The van der Waals surface area contributed by atoms with Gasteiger partial charge in [-0.3, -0.25) is 9.89 Å². The minimum Gasteiger partial charge on any atom is -0.497 e. The van der Waals surface area contributed by atoms with E-state index in [4.69, 9.17) is 4.74 Å². The maximum atomic E-state index is 12.5. The molecule has 1 aromatic heterocycles. The van der Waals surface area contributed by atoms with Crippen LogP contribution in [0.5, 0.6) is 5.75 Å². The molecule has 3 aromatic rings. The predicted molar refractivity (Wildman–Crippen MR) is 91.0 cm³/mol. The van der Waals surface area contributed by atoms with Gasteiger partial charge in [-0.1, -0.05) is 24.3 Å². The maximum absolute atomic E-state index is 12.5. The summed E-state index contributed by atoms with van der Waals surface area (Å²) in [4.78, 5) is 12.5. The number of amides is 1. The molecule has 0 radical (unpaired) electrons. The molecule has 2 aromatic carbocycles. The van der Waals surface area contributed by atoms with E-state index in [0.29, 0.717) is 22.4 Å². The summed E-state index contributed by atoms with van der Waals surface area (Å²) in [5, 5.41) is 20.9. The zero-order chi connectivity index (χ0) is 17.1. The van der Waals surface area contributed by atoms with Gasteiger partial charge in [0.25, 0.3) is 5.91 Å². The summed E-state index contributed by atoms with van der Waals surface area (Å²) in [5.74, 6) is 0.457. The van der Waals surface area contributed by atoms with Crippen molar-refractivity contribution in [3.05, 3.63) is 59.8 Å². The summed E-state index contributed by atoms with van der Waals surface area (Å²) in [6.07, 6.45) is 0.850. The minimum absolute atomic E-state index is 0.259. The van der Waals surface area contributed by atoms with Crippen molar-refractivity contribution in [3.63, 3.8) is 0 Å². The number of H-pyrrole nitrogens is 1. The van der Waals surface area contributed by atoms with Crippen molar-refractivity contribution >= 4 is 16.8 Å². The van der Waals surface area contributed by atoms with E-state index in [0.717, 1.165) is 5.39 Å². The van der Waals surface area contributed by atoms with E-state index in [1.54, 1.807) is 56.6 Å². The van der Waals surface area contributed by atoms with E-state index in [-0.39, 0.29) is 5.91 Å². The monoisotopic (exact) mass is 325 g/mol. The first kappa shape index (κ1) is 16.0. The molecule has 3 N–H and O–H groups in total. The van der Waals surface area contributed by atoms with Gasteiger partial charge in [-0.2, -0.15) is 5.10 Å². The fourth-order valence-corrected chi connectivity index (χ4v) is 2.61. The molecule has 0 aliphatic carbocycles. The molecule has 6 nitrogen and oxygen atoms in total. The van der Waals surface area contributed by atoms with Crippen LogP contribution in [0.15, 0.2) is 48.7 Å². The summed E-state index contributed by atoms with van der Waals surface area (Å²) in [7, 11) is 1.59. The Morgan fingerprint density at radius 1 is 1.25 bits per heavy atom. The van der Waals surface area contributed by atoms with Gasteiger partial charge in [0.05, 0.1) is 36.5 Å². The van der Waals surface area contributed by atoms with E-state index in [1.165, 1.54) is 0 Å².